The first-order chi connectivity index (χ1) is 13.8. The molecule has 0 radical (unpaired) electrons. The summed E-state index contributed by atoms with van der Waals surface area (Å²) in [6, 6.07) is 11.6. The summed E-state index contributed by atoms with van der Waals surface area (Å²) in [4.78, 5) is 43.6. The smallest absolute Gasteiger partial charge is 0.251 e. The number of nitrogens with one attached hydrogen (secondary N) is 2. The van der Waals surface area contributed by atoms with E-state index in [1.54, 1.807) is 42.4 Å². The molecule has 2 heterocycles. The van der Waals surface area contributed by atoms with Gasteiger partial charge in [-0.1, -0.05) is 6.07 Å². The predicted molar refractivity (Wildman–Crippen MR) is 113 cm³/mol. The number of hydrogen-bond acceptors (Lipinski definition) is 5. The molecule has 1 aliphatic heterocycles. The highest BCUT2D eigenvalue weighted by Crippen LogP contribution is 2.22. The molecule has 150 valence electrons. The second kappa shape index (κ2) is 8.78. The maximum atomic E-state index is 12.6. The van der Waals surface area contributed by atoms with Gasteiger partial charge < -0.3 is 15.5 Å². The van der Waals surface area contributed by atoms with Crippen LogP contribution in [0.5, 0.6) is 0 Å². The summed E-state index contributed by atoms with van der Waals surface area (Å²) in [5.41, 5.74) is 1.97. The minimum Gasteiger partial charge on any atom is -0.330 e. The third-order valence-corrected chi connectivity index (χ3v) is 4.96. The predicted octanol–water partition coefficient (Wildman–Crippen LogP) is 2.00. The van der Waals surface area contributed by atoms with Gasteiger partial charge in [0.15, 0.2) is 5.11 Å². The molecule has 8 nitrogen and oxygen atoms in total. The first kappa shape index (κ1) is 20.4. The molecule has 2 aromatic rings. The van der Waals surface area contributed by atoms with Gasteiger partial charge in [-0.2, -0.15) is 0 Å². The monoisotopic (exact) mass is 411 g/mol. The lowest BCUT2D eigenvalue weighted by Gasteiger charge is -2.23. The molecule has 0 spiro atoms. The molecule has 2 N–H and O–H groups in total. The second-order valence-electron chi connectivity index (χ2n) is 6.66. The minimum atomic E-state index is -0.687. The van der Waals surface area contributed by atoms with Crippen molar-refractivity contribution in [1.82, 2.24) is 14.8 Å². The van der Waals surface area contributed by atoms with Crippen molar-refractivity contribution in [2.24, 2.45) is 0 Å². The van der Waals surface area contributed by atoms with Crippen molar-refractivity contribution in [1.29, 1.82) is 0 Å². The van der Waals surface area contributed by atoms with Gasteiger partial charge in [0.05, 0.1) is 18.7 Å². The van der Waals surface area contributed by atoms with Crippen molar-refractivity contribution < 1.29 is 14.4 Å². The summed E-state index contributed by atoms with van der Waals surface area (Å²) in [5.74, 6) is -0.698. The van der Waals surface area contributed by atoms with Crippen molar-refractivity contribution in [3.05, 3.63) is 54.4 Å². The Kier molecular flexibility index (Phi) is 6.18. The van der Waals surface area contributed by atoms with E-state index < -0.39 is 6.04 Å². The van der Waals surface area contributed by atoms with Crippen LogP contribution in [0.3, 0.4) is 0 Å². The Hall–Kier alpha value is -3.33. The van der Waals surface area contributed by atoms with Crippen LogP contribution in [0.4, 0.5) is 11.4 Å². The van der Waals surface area contributed by atoms with Crippen LogP contribution in [0.1, 0.15) is 19.0 Å². The molecular formula is C20H21N5O3S. The SMILES string of the molecule is CC(=O)Nc1ccc(NC(=O)CC2C(=O)N(C)C(=S)N2Cc2ccccn2)cc1. The van der Waals surface area contributed by atoms with E-state index in [1.807, 2.05) is 18.2 Å². The number of aromatic nitrogens is 1. The van der Waals surface area contributed by atoms with E-state index in [1.165, 1.54) is 11.8 Å². The zero-order valence-electron chi connectivity index (χ0n) is 16.1. The number of carbonyl (C=O) groups excluding carboxylic acids is 3. The van der Waals surface area contributed by atoms with E-state index >= 15 is 0 Å². The molecule has 1 aromatic carbocycles. The lowest BCUT2D eigenvalue weighted by molar-refractivity contribution is -0.130. The van der Waals surface area contributed by atoms with Crippen molar-refractivity contribution in [2.45, 2.75) is 25.9 Å². The van der Waals surface area contributed by atoms with Crippen molar-refractivity contribution in [3.8, 4) is 0 Å². The molecule has 9 heteroatoms. The highest BCUT2D eigenvalue weighted by atomic mass is 32.1. The van der Waals surface area contributed by atoms with E-state index in [4.69, 9.17) is 12.2 Å². The van der Waals surface area contributed by atoms with Crippen LogP contribution >= 0.6 is 12.2 Å². The molecule has 1 aliphatic rings. The average Bonchev–Trinajstić information content (AvgIpc) is 2.88. The molecule has 0 saturated carbocycles. The molecule has 0 aliphatic carbocycles. The first-order valence-electron chi connectivity index (χ1n) is 9.00. The molecule has 1 fully saturated rings. The van der Waals surface area contributed by atoms with Crippen molar-refractivity contribution in [3.63, 3.8) is 0 Å². The van der Waals surface area contributed by atoms with E-state index in [0.717, 1.165) is 5.69 Å². The van der Waals surface area contributed by atoms with E-state index in [9.17, 15) is 14.4 Å². The minimum absolute atomic E-state index is 0.0381. The Bertz CT molecular complexity index is 933. The highest BCUT2D eigenvalue weighted by Gasteiger charge is 2.41. The quantitative estimate of drug-likeness (QED) is 0.706. The number of pyridine rings is 1. The number of anilines is 2. The average molecular weight is 411 g/mol. The number of likely N-dealkylation sites (N-methyl/N-ethyl adjacent to an activating group) is 1. The van der Waals surface area contributed by atoms with Crippen molar-refractivity contribution in [2.75, 3.05) is 17.7 Å². The van der Waals surface area contributed by atoms with Gasteiger partial charge in [-0.3, -0.25) is 24.3 Å². The number of rotatable bonds is 6. The molecule has 1 saturated heterocycles. The van der Waals surface area contributed by atoms with Crippen LogP contribution in [0.25, 0.3) is 0 Å². The van der Waals surface area contributed by atoms with Crippen molar-refractivity contribution >= 4 is 46.4 Å². The molecule has 1 unspecified atom stereocenters. The third kappa shape index (κ3) is 4.94. The zero-order valence-corrected chi connectivity index (χ0v) is 16.9. The maximum absolute atomic E-state index is 12.6. The zero-order chi connectivity index (χ0) is 21.0. The molecule has 0 bridgehead atoms. The van der Waals surface area contributed by atoms with Gasteiger partial charge >= 0.3 is 0 Å². The number of amides is 3. The van der Waals surface area contributed by atoms with Crippen LogP contribution in [-0.2, 0) is 20.9 Å². The second-order valence-corrected chi connectivity index (χ2v) is 7.02. The van der Waals surface area contributed by atoms with Gasteiger partial charge in [-0.05, 0) is 48.6 Å². The fraction of sp³-hybridized carbons (Fsp3) is 0.250. The third-order valence-electron chi connectivity index (χ3n) is 4.45. The number of thiocarbonyl (C=S) groups is 1. The fourth-order valence-electron chi connectivity index (χ4n) is 3.05. The molecule has 1 aromatic heterocycles. The largest absolute Gasteiger partial charge is 0.330 e. The summed E-state index contributed by atoms with van der Waals surface area (Å²) in [6.07, 6.45) is 1.63. The van der Waals surface area contributed by atoms with Gasteiger partial charge in [0.1, 0.15) is 6.04 Å². The van der Waals surface area contributed by atoms with Gasteiger partial charge in [-0.25, -0.2) is 0 Å². The Balaban J connectivity index is 1.67. The Morgan fingerprint density at radius 3 is 2.34 bits per heavy atom. The van der Waals surface area contributed by atoms with Crippen LogP contribution in [0.15, 0.2) is 48.7 Å². The standard InChI is InChI=1S/C20H21N5O3S/c1-13(26)22-14-6-8-15(9-7-14)23-18(27)11-17-19(28)24(2)20(29)25(17)12-16-5-3-4-10-21-16/h3-10,17H,11-12H2,1-2H3,(H,22,26)(H,23,27). The highest BCUT2D eigenvalue weighted by molar-refractivity contribution is 7.80. The molecular weight excluding hydrogens is 390 g/mol. The Labute approximate surface area is 173 Å². The van der Waals surface area contributed by atoms with Gasteiger partial charge in [0.25, 0.3) is 5.91 Å². The summed E-state index contributed by atoms with van der Waals surface area (Å²) >= 11 is 5.38. The number of carbonyl (C=O) groups is 3. The number of benzene rings is 1. The maximum Gasteiger partial charge on any atom is 0.251 e. The normalized spacial score (nSPS) is 16.1. The van der Waals surface area contributed by atoms with E-state index in [2.05, 4.69) is 15.6 Å². The molecule has 3 rings (SSSR count). The lowest BCUT2D eigenvalue weighted by Crippen LogP contribution is -2.37. The summed E-state index contributed by atoms with van der Waals surface area (Å²) in [7, 11) is 1.61. The van der Waals surface area contributed by atoms with E-state index in [0.29, 0.717) is 23.0 Å². The molecule has 3 amide bonds. The molecule has 29 heavy (non-hydrogen) atoms. The fourth-order valence-corrected chi connectivity index (χ4v) is 3.33. The van der Waals surface area contributed by atoms with Crippen LogP contribution in [0.2, 0.25) is 0 Å². The van der Waals surface area contributed by atoms with Gasteiger partial charge in [0, 0.05) is 31.5 Å². The van der Waals surface area contributed by atoms with Crippen LogP contribution in [-0.4, -0.2) is 50.7 Å². The summed E-state index contributed by atoms with van der Waals surface area (Å²) in [6.45, 7) is 1.77. The molecule has 1 atom stereocenters. The van der Waals surface area contributed by atoms with Crippen LogP contribution < -0.4 is 10.6 Å². The summed E-state index contributed by atoms with van der Waals surface area (Å²) in [5, 5.41) is 5.81. The first-order valence-corrected chi connectivity index (χ1v) is 9.41. The van der Waals surface area contributed by atoms with Crippen LogP contribution in [0, 0.1) is 0 Å². The summed E-state index contributed by atoms with van der Waals surface area (Å²) < 4.78 is 0. The van der Waals surface area contributed by atoms with Gasteiger partial charge in [-0.15, -0.1) is 0 Å². The van der Waals surface area contributed by atoms with Gasteiger partial charge in [0.2, 0.25) is 11.8 Å². The Morgan fingerprint density at radius 1 is 1.10 bits per heavy atom. The Morgan fingerprint density at radius 2 is 1.76 bits per heavy atom. The van der Waals surface area contributed by atoms with E-state index in [-0.39, 0.29) is 24.1 Å². The number of hydrogen-bond donors (Lipinski definition) is 2. The lowest BCUT2D eigenvalue weighted by atomic mass is 10.1. The topological polar surface area (TPSA) is 94.6 Å². The number of nitrogens with zero attached hydrogens (tertiary/aromatic N) is 3.